The van der Waals surface area contributed by atoms with Crippen LogP contribution in [-0.4, -0.2) is 23.4 Å². The Bertz CT molecular complexity index is 973. The van der Waals surface area contributed by atoms with Gasteiger partial charge < -0.3 is 15.4 Å². The van der Waals surface area contributed by atoms with Gasteiger partial charge in [-0.1, -0.05) is 11.6 Å². The fourth-order valence-electron chi connectivity index (χ4n) is 2.46. The Kier molecular flexibility index (Phi) is 6.24. The van der Waals surface area contributed by atoms with Crippen molar-refractivity contribution in [2.75, 3.05) is 17.2 Å². The van der Waals surface area contributed by atoms with Crippen molar-refractivity contribution < 1.29 is 14.3 Å². The van der Waals surface area contributed by atoms with E-state index in [1.54, 1.807) is 60.7 Å². The Morgan fingerprint density at radius 1 is 0.929 bits per heavy atom. The monoisotopic (exact) mass is 395 g/mol. The maximum Gasteiger partial charge on any atom is 0.258 e. The van der Waals surface area contributed by atoms with E-state index in [-0.39, 0.29) is 22.5 Å². The van der Waals surface area contributed by atoms with E-state index in [0.29, 0.717) is 23.5 Å². The Balaban J connectivity index is 1.62. The van der Waals surface area contributed by atoms with Crippen LogP contribution in [0.4, 0.5) is 11.4 Å². The van der Waals surface area contributed by atoms with Crippen LogP contribution in [0.3, 0.4) is 0 Å². The van der Waals surface area contributed by atoms with E-state index in [2.05, 4.69) is 15.6 Å². The number of carbonyl (C=O) groups excluding carboxylic acids is 2. The van der Waals surface area contributed by atoms with Crippen LogP contribution >= 0.6 is 11.6 Å². The van der Waals surface area contributed by atoms with Crippen molar-refractivity contribution in [2.45, 2.75) is 6.92 Å². The van der Waals surface area contributed by atoms with Gasteiger partial charge in [0.2, 0.25) is 0 Å². The molecule has 0 unspecified atom stereocenters. The molecule has 6 nitrogen and oxygen atoms in total. The van der Waals surface area contributed by atoms with Crippen LogP contribution in [0.5, 0.6) is 5.75 Å². The van der Waals surface area contributed by atoms with Gasteiger partial charge in [0.25, 0.3) is 11.8 Å². The van der Waals surface area contributed by atoms with Crippen LogP contribution in [0.1, 0.15) is 27.6 Å². The van der Waals surface area contributed by atoms with Gasteiger partial charge in [-0.15, -0.1) is 0 Å². The summed E-state index contributed by atoms with van der Waals surface area (Å²) in [5.41, 5.74) is 1.95. The van der Waals surface area contributed by atoms with Crippen LogP contribution in [-0.2, 0) is 0 Å². The lowest BCUT2D eigenvalue weighted by Gasteiger charge is -2.09. The molecule has 0 spiro atoms. The zero-order chi connectivity index (χ0) is 19.9. The second-order valence-electron chi connectivity index (χ2n) is 5.78. The number of benzene rings is 2. The van der Waals surface area contributed by atoms with Crippen LogP contribution in [0, 0.1) is 0 Å². The van der Waals surface area contributed by atoms with Crippen LogP contribution in [0.25, 0.3) is 0 Å². The van der Waals surface area contributed by atoms with Crippen molar-refractivity contribution in [2.24, 2.45) is 0 Å². The minimum Gasteiger partial charge on any atom is -0.494 e. The van der Waals surface area contributed by atoms with E-state index in [1.165, 1.54) is 6.20 Å². The second-order valence-corrected chi connectivity index (χ2v) is 6.14. The number of halogens is 1. The maximum atomic E-state index is 12.4. The first-order valence-corrected chi connectivity index (χ1v) is 9.00. The number of aromatic nitrogens is 1. The van der Waals surface area contributed by atoms with Crippen molar-refractivity contribution in [3.63, 3.8) is 0 Å². The topological polar surface area (TPSA) is 80.3 Å². The van der Waals surface area contributed by atoms with E-state index in [9.17, 15) is 9.59 Å². The third kappa shape index (κ3) is 4.86. The average Bonchev–Trinajstić information content (AvgIpc) is 2.70. The van der Waals surface area contributed by atoms with E-state index in [4.69, 9.17) is 16.3 Å². The Morgan fingerprint density at radius 2 is 1.54 bits per heavy atom. The fraction of sp³-hybridized carbons (Fsp3) is 0.0952. The molecule has 0 saturated carbocycles. The molecule has 0 saturated heterocycles. The third-order valence-electron chi connectivity index (χ3n) is 3.83. The summed E-state index contributed by atoms with van der Waals surface area (Å²) in [7, 11) is 0. The summed E-state index contributed by atoms with van der Waals surface area (Å²) in [4.78, 5) is 28.5. The predicted octanol–water partition coefficient (Wildman–Crippen LogP) is 4.64. The fourth-order valence-corrected chi connectivity index (χ4v) is 2.67. The molecule has 142 valence electrons. The van der Waals surface area contributed by atoms with Crippen LogP contribution < -0.4 is 15.4 Å². The van der Waals surface area contributed by atoms with E-state index >= 15 is 0 Å². The van der Waals surface area contributed by atoms with Crippen molar-refractivity contribution >= 4 is 34.8 Å². The SMILES string of the molecule is CCOc1ccc(NC(=O)c2ccc(NC(=O)c3cccnc3Cl)cc2)cc1. The molecule has 0 aliphatic heterocycles. The highest BCUT2D eigenvalue weighted by atomic mass is 35.5. The highest BCUT2D eigenvalue weighted by molar-refractivity contribution is 6.33. The van der Waals surface area contributed by atoms with Crippen molar-refractivity contribution in [3.05, 3.63) is 83.1 Å². The highest BCUT2D eigenvalue weighted by Crippen LogP contribution is 2.18. The van der Waals surface area contributed by atoms with Gasteiger partial charge in [0.15, 0.2) is 0 Å². The number of amides is 2. The summed E-state index contributed by atoms with van der Waals surface area (Å²) < 4.78 is 5.38. The summed E-state index contributed by atoms with van der Waals surface area (Å²) in [6.07, 6.45) is 1.51. The number of carbonyl (C=O) groups is 2. The summed E-state index contributed by atoms with van der Waals surface area (Å²) in [5.74, 6) is 0.122. The van der Waals surface area contributed by atoms with Gasteiger partial charge >= 0.3 is 0 Å². The van der Waals surface area contributed by atoms with Crippen molar-refractivity contribution in [3.8, 4) is 5.75 Å². The van der Waals surface area contributed by atoms with Gasteiger partial charge in [-0.3, -0.25) is 9.59 Å². The Morgan fingerprint density at radius 3 is 2.14 bits per heavy atom. The standard InChI is InChI=1S/C21H18ClN3O3/c1-2-28-17-11-9-16(10-12-17)24-20(26)14-5-7-15(8-6-14)25-21(27)18-4-3-13-23-19(18)22/h3-13H,2H2,1H3,(H,24,26)(H,25,27). The van der Waals surface area contributed by atoms with Gasteiger partial charge in [0.1, 0.15) is 10.9 Å². The molecule has 0 fully saturated rings. The molecular formula is C21H18ClN3O3. The predicted molar refractivity (Wildman–Crippen MR) is 109 cm³/mol. The van der Waals surface area contributed by atoms with E-state index in [0.717, 1.165) is 5.75 Å². The zero-order valence-corrected chi connectivity index (χ0v) is 15.9. The lowest BCUT2D eigenvalue weighted by molar-refractivity contribution is 0.101. The molecule has 3 rings (SSSR count). The van der Waals surface area contributed by atoms with Gasteiger partial charge in [-0.25, -0.2) is 4.98 Å². The Labute approximate surface area is 167 Å². The van der Waals surface area contributed by atoms with Gasteiger partial charge in [0.05, 0.1) is 12.2 Å². The minimum atomic E-state index is -0.371. The normalized spacial score (nSPS) is 10.2. The lowest BCUT2D eigenvalue weighted by Crippen LogP contribution is -2.14. The molecule has 1 heterocycles. The molecule has 2 amide bonds. The highest BCUT2D eigenvalue weighted by Gasteiger charge is 2.12. The minimum absolute atomic E-state index is 0.131. The van der Waals surface area contributed by atoms with E-state index in [1.807, 2.05) is 6.92 Å². The average molecular weight is 396 g/mol. The summed E-state index contributed by atoms with van der Waals surface area (Å²) in [6, 6.07) is 16.9. The summed E-state index contributed by atoms with van der Waals surface area (Å²) in [5, 5.41) is 5.67. The third-order valence-corrected chi connectivity index (χ3v) is 4.13. The number of hydrogen-bond acceptors (Lipinski definition) is 4. The van der Waals surface area contributed by atoms with Crippen LogP contribution in [0.15, 0.2) is 66.9 Å². The zero-order valence-electron chi connectivity index (χ0n) is 15.1. The first-order valence-electron chi connectivity index (χ1n) is 8.63. The first-order chi connectivity index (χ1) is 13.6. The molecule has 0 aliphatic rings. The number of rotatable bonds is 6. The van der Waals surface area contributed by atoms with Gasteiger partial charge in [-0.05, 0) is 67.6 Å². The second kappa shape index (κ2) is 9.01. The summed E-state index contributed by atoms with van der Waals surface area (Å²) >= 11 is 5.92. The quantitative estimate of drug-likeness (QED) is 0.596. The lowest BCUT2D eigenvalue weighted by atomic mass is 10.1. The maximum absolute atomic E-state index is 12.4. The van der Waals surface area contributed by atoms with Gasteiger partial charge in [-0.2, -0.15) is 0 Å². The number of nitrogens with one attached hydrogen (secondary N) is 2. The Hall–Kier alpha value is -3.38. The molecule has 2 N–H and O–H groups in total. The van der Waals surface area contributed by atoms with Crippen LogP contribution in [0.2, 0.25) is 5.15 Å². The number of nitrogens with zero attached hydrogens (tertiary/aromatic N) is 1. The number of hydrogen-bond donors (Lipinski definition) is 2. The molecule has 28 heavy (non-hydrogen) atoms. The smallest absolute Gasteiger partial charge is 0.258 e. The molecule has 0 aliphatic carbocycles. The molecule has 1 aromatic heterocycles. The van der Waals surface area contributed by atoms with Gasteiger partial charge in [0, 0.05) is 23.1 Å². The van der Waals surface area contributed by atoms with Crippen molar-refractivity contribution in [1.29, 1.82) is 0 Å². The molecule has 7 heteroatoms. The number of ether oxygens (including phenoxy) is 1. The molecule has 0 bridgehead atoms. The summed E-state index contributed by atoms with van der Waals surface area (Å²) in [6.45, 7) is 2.49. The number of pyridine rings is 1. The molecule has 2 aromatic carbocycles. The molecular weight excluding hydrogens is 378 g/mol. The molecule has 0 radical (unpaired) electrons. The largest absolute Gasteiger partial charge is 0.494 e. The molecule has 3 aromatic rings. The van der Waals surface area contributed by atoms with E-state index < -0.39 is 0 Å². The van der Waals surface area contributed by atoms with Crippen molar-refractivity contribution in [1.82, 2.24) is 4.98 Å². The number of anilines is 2. The molecule has 0 atom stereocenters. The first kappa shape index (κ1) is 19.4.